The lowest BCUT2D eigenvalue weighted by atomic mass is 9.80. The number of aliphatic hydroxyl groups is 1. The predicted molar refractivity (Wildman–Crippen MR) is 81.0 cm³/mol. The third-order valence-corrected chi connectivity index (χ3v) is 4.84. The summed E-state index contributed by atoms with van der Waals surface area (Å²) in [6.45, 7) is 2.90. The van der Waals surface area contributed by atoms with Crippen molar-refractivity contribution in [3.8, 4) is 5.75 Å². The van der Waals surface area contributed by atoms with Crippen molar-refractivity contribution in [1.82, 2.24) is 0 Å². The fourth-order valence-corrected chi connectivity index (χ4v) is 3.76. The smallest absolute Gasteiger partial charge is 0.126 e. The predicted octanol–water partition coefficient (Wildman–Crippen LogP) is 3.98. The molecule has 110 valence electrons. The number of rotatable bonds is 2. The minimum absolute atomic E-state index is 0.252. The molecule has 2 aliphatic heterocycles. The number of aliphatic hydroxyl groups excluding tert-OH is 1. The van der Waals surface area contributed by atoms with E-state index in [4.69, 9.17) is 9.47 Å². The Morgan fingerprint density at radius 3 is 3.05 bits per heavy atom. The van der Waals surface area contributed by atoms with Crippen molar-refractivity contribution in [2.45, 2.75) is 56.8 Å². The Hall–Kier alpha value is -0.580. The molecule has 3 atom stereocenters. The number of ether oxygens (including phenoxy) is 2. The van der Waals surface area contributed by atoms with E-state index in [1.54, 1.807) is 0 Å². The van der Waals surface area contributed by atoms with Crippen LogP contribution in [0.4, 0.5) is 0 Å². The van der Waals surface area contributed by atoms with E-state index in [-0.39, 0.29) is 11.7 Å². The molecule has 20 heavy (non-hydrogen) atoms. The zero-order chi connectivity index (χ0) is 14.2. The van der Waals surface area contributed by atoms with E-state index in [2.05, 4.69) is 22.9 Å². The second kappa shape index (κ2) is 5.66. The zero-order valence-corrected chi connectivity index (χ0v) is 13.4. The van der Waals surface area contributed by atoms with Gasteiger partial charge in [-0.05, 0) is 24.6 Å². The van der Waals surface area contributed by atoms with Crippen LogP contribution in [0.3, 0.4) is 0 Å². The van der Waals surface area contributed by atoms with Gasteiger partial charge in [0.05, 0.1) is 18.8 Å². The highest BCUT2D eigenvalue weighted by molar-refractivity contribution is 9.10. The number of halogens is 1. The molecule has 1 saturated heterocycles. The number of hydrogen-bond donors (Lipinski definition) is 1. The van der Waals surface area contributed by atoms with Crippen LogP contribution in [0.15, 0.2) is 22.7 Å². The maximum Gasteiger partial charge on any atom is 0.126 e. The van der Waals surface area contributed by atoms with Gasteiger partial charge < -0.3 is 14.6 Å². The summed E-state index contributed by atoms with van der Waals surface area (Å²) >= 11 is 3.45. The van der Waals surface area contributed by atoms with Crippen molar-refractivity contribution in [2.75, 3.05) is 6.61 Å². The van der Waals surface area contributed by atoms with E-state index >= 15 is 0 Å². The monoisotopic (exact) mass is 340 g/mol. The minimum atomic E-state index is -0.448. The number of hydrogen-bond acceptors (Lipinski definition) is 3. The molecule has 0 bridgehead atoms. The molecule has 4 heteroatoms. The molecule has 0 saturated carbocycles. The van der Waals surface area contributed by atoms with E-state index in [9.17, 15) is 5.11 Å². The quantitative estimate of drug-likeness (QED) is 0.884. The van der Waals surface area contributed by atoms with E-state index < -0.39 is 6.10 Å². The van der Waals surface area contributed by atoms with Gasteiger partial charge >= 0.3 is 0 Å². The molecular weight excluding hydrogens is 320 g/mol. The number of benzene rings is 1. The lowest BCUT2D eigenvalue weighted by Gasteiger charge is -2.45. The van der Waals surface area contributed by atoms with Gasteiger partial charge in [0.15, 0.2) is 0 Å². The molecule has 1 N–H and O–H groups in total. The molecule has 2 aliphatic rings. The Morgan fingerprint density at radius 2 is 2.25 bits per heavy atom. The maximum absolute atomic E-state index is 10.5. The third kappa shape index (κ3) is 2.74. The summed E-state index contributed by atoms with van der Waals surface area (Å²) in [5, 5.41) is 10.5. The first-order chi connectivity index (χ1) is 9.62. The van der Waals surface area contributed by atoms with Crippen LogP contribution in [0, 0.1) is 0 Å². The molecule has 3 unspecified atom stereocenters. The first kappa shape index (κ1) is 14.4. The van der Waals surface area contributed by atoms with Crippen molar-refractivity contribution < 1.29 is 14.6 Å². The zero-order valence-electron chi connectivity index (χ0n) is 11.8. The molecule has 1 aromatic rings. The van der Waals surface area contributed by atoms with Crippen LogP contribution in [-0.2, 0) is 4.74 Å². The second-order valence-electron chi connectivity index (χ2n) is 5.92. The molecule has 1 fully saturated rings. The molecule has 0 radical (unpaired) electrons. The second-order valence-corrected chi connectivity index (χ2v) is 6.84. The van der Waals surface area contributed by atoms with Gasteiger partial charge in [0.25, 0.3) is 0 Å². The topological polar surface area (TPSA) is 38.7 Å². The number of fused-ring (bicyclic) bond motifs is 1. The fraction of sp³-hybridized carbons (Fsp3) is 0.625. The Bertz CT molecular complexity index is 489. The normalized spacial score (nSPS) is 32.8. The molecular formula is C16H21BrO3. The average molecular weight is 341 g/mol. The Labute approximate surface area is 128 Å². The van der Waals surface area contributed by atoms with Gasteiger partial charge in [0, 0.05) is 29.3 Å². The van der Waals surface area contributed by atoms with Crippen LogP contribution < -0.4 is 4.74 Å². The molecule has 1 aromatic carbocycles. The summed E-state index contributed by atoms with van der Waals surface area (Å²) in [6, 6.07) is 5.87. The molecule has 1 spiro atoms. The standard InChI is InChI=1S/C16H21BrO3/c1-2-3-12-9-16(6-7-19-12)10-14(18)13-8-11(17)4-5-15(13)20-16/h4-5,8,12,14,18H,2-3,6-7,9-10H2,1H3. The van der Waals surface area contributed by atoms with Crippen LogP contribution in [0.1, 0.15) is 50.7 Å². The van der Waals surface area contributed by atoms with Gasteiger partial charge in [-0.25, -0.2) is 0 Å². The molecule has 0 aliphatic carbocycles. The third-order valence-electron chi connectivity index (χ3n) is 4.34. The van der Waals surface area contributed by atoms with Crippen molar-refractivity contribution in [3.05, 3.63) is 28.2 Å². The summed E-state index contributed by atoms with van der Waals surface area (Å²) in [4.78, 5) is 0. The molecule has 3 rings (SSSR count). The van der Waals surface area contributed by atoms with Crippen molar-refractivity contribution >= 4 is 15.9 Å². The van der Waals surface area contributed by atoms with Gasteiger partial charge in [-0.3, -0.25) is 0 Å². The SMILES string of the molecule is CCCC1CC2(CCO1)CC(O)c1cc(Br)ccc1O2. The highest BCUT2D eigenvalue weighted by Gasteiger charge is 2.44. The summed E-state index contributed by atoms with van der Waals surface area (Å²) < 4.78 is 13.1. The fourth-order valence-electron chi connectivity index (χ4n) is 3.38. The van der Waals surface area contributed by atoms with Crippen molar-refractivity contribution in [1.29, 1.82) is 0 Å². The van der Waals surface area contributed by atoms with Gasteiger partial charge in [-0.1, -0.05) is 29.3 Å². The van der Waals surface area contributed by atoms with Crippen LogP contribution >= 0.6 is 15.9 Å². The van der Waals surface area contributed by atoms with E-state index in [0.29, 0.717) is 6.42 Å². The Morgan fingerprint density at radius 1 is 1.40 bits per heavy atom. The molecule has 3 nitrogen and oxygen atoms in total. The average Bonchev–Trinajstić information content (AvgIpc) is 2.40. The lowest BCUT2D eigenvalue weighted by molar-refractivity contribution is -0.118. The first-order valence-corrected chi connectivity index (χ1v) is 8.19. The maximum atomic E-state index is 10.5. The highest BCUT2D eigenvalue weighted by atomic mass is 79.9. The van der Waals surface area contributed by atoms with E-state index in [0.717, 1.165) is 48.1 Å². The van der Waals surface area contributed by atoms with Crippen LogP contribution in [0.25, 0.3) is 0 Å². The Balaban J connectivity index is 1.84. The summed E-state index contributed by atoms with van der Waals surface area (Å²) in [7, 11) is 0. The van der Waals surface area contributed by atoms with Gasteiger partial charge in [-0.15, -0.1) is 0 Å². The van der Waals surface area contributed by atoms with E-state index in [1.165, 1.54) is 0 Å². The van der Waals surface area contributed by atoms with Crippen molar-refractivity contribution in [3.63, 3.8) is 0 Å². The van der Waals surface area contributed by atoms with Crippen molar-refractivity contribution in [2.24, 2.45) is 0 Å². The summed E-state index contributed by atoms with van der Waals surface area (Å²) in [5.74, 6) is 0.823. The van der Waals surface area contributed by atoms with Gasteiger partial charge in [0.2, 0.25) is 0 Å². The van der Waals surface area contributed by atoms with E-state index in [1.807, 2.05) is 18.2 Å². The Kier molecular flexibility index (Phi) is 4.07. The molecule has 0 amide bonds. The first-order valence-electron chi connectivity index (χ1n) is 7.40. The van der Waals surface area contributed by atoms with Gasteiger partial charge in [0.1, 0.15) is 11.4 Å². The molecule has 2 heterocycles. The summed E-state index contributed by atoms with van der Waals surface area (Å²) in [6.07, 6.45) is 4.41. The van der Waals surface area contributed by atoms with Gasteiger partial charge in [-0.2, -0.15) is 0 Å². The largest absolute Gasteiger partial charge is 0.487 e. The minimum Gasteiger partial charge on any atom is -0.487 e. The van der Waals surface area contributed by atoms with Crippen LogP contribution in [-0.4, -0.2) is 23.4 Å². The molecule has 0 aromatic heterocycles. The lowest BCUT2D eigenvalue weighted by Crippen LogP contribution is -2.48. The highest BCUT2D eigenvalue weighted by Crippen LogP contribution is 2.46. The van der Waals surface area contributed by atoms with Crippen LogP contribution in [0.2, 0.25) is 0 Å². The van der Waals surface area contributed by atoms with Crippen LogP contribution in [0.5, 0.6) is 5.75 Å². The summed E-state index contributed by atoms with van der Waals surface area (Å²) in [5.41, 5.74) is 0.641.